The molecule has 2 heterocycles. The smallest absolute Gasteiger partial charge is 0.283 e. The molecule has 0 radical (unpaired) electrons. The number of thioether (sulfide) groups is 1. The van der Waals surface area contributed by atoms with E-state index in [2.05, 4.69) is 26.0 Å². The van der Waals surface area contributed by atoms with Crippen LogP contribution in [0.2, 0.25) is 0 Å². The molecule has 0 aromatic heterocycles. The van der Waals surface area contributed by atoms with Crippen molar-refractivity contribution in [1.82, 2.24) is 5.01 Å². The van der Waals surface area contributed by atoms with E-state index in [1.165, 1.54) is 16.8 Å². The van der Waals surface area contributed by atoms with E-state index in [4.69, 9.17) is 19.6 Å². The number of carbonyl (C=O) groups is 1. The first-order valence-corrected chi connectivity index (χ1v) is 12.8. The van der Waals surface area contributed by atoms with Gasteiger partial charge in [-0.05, 0) is 83.4 Å². The van der Waals surface area contributed by atoms with Gasteiger partial charge in [-0.2, -0.15) is 15.1 Å². The number of hydrogen-bond donors (Lipinski definition) is 1. The van der Waals surface area contributed by atoms with Crippen molar-refractivity contribution in [2.45, 2.75) is 27.2 Å². The molecule has 0 bridgehead atoms. The third-order valence-electron chi connectivity index (χ3n) is 5.12. The third kappa shape index (κ3) is 5.59. The number of nitrogens with one attached hydrogen (secondary N) is 1. The molecule has 2 aliphatic heterocycles. The lowest BCUT2D eigenvalue weighted by Gasteiger charge is -2.20. The number of ether oxygens (including phenoxy) is 3. The number of benzene rings is 2. The molecule has 35 heavy (non-hydrogen) atoms. The lowest BCUT2D eigenvalue weighted by Crippen LogP contribution is -2.35. The van der Waals surface area contributed by atoms with Gasteiger partial charge in [0.15, 0.2) is 17.3 Å². The number of hydrogen-bond acceptors (Lipinski definition) is 7. The number of aliphatic imine (C=N–C) groups is 1. The van der Waals surface area contributed by atoms with E-state index < -0.39 is 5.91 Å². The lowest BCUT2D eigenvalue weighted by atomic mass is 10.1. The van der Waals surface area contributed by atoms with Gasteiger partial charge in [0, 0.05) is 0 Å². The van der Waals surface area contributed by atoms with E-state index >= 15 is 0 Å². The Morgan fingerprint density at radius 1 is 1.11 bits per heavy atom. The zero-order chi connectivity index (χ0) is 24.9. The maximum Gasteiger partial charge on any atom is 0.283 e. The Bertz CT molecular complexity index is 1260. The van der Waals surface area contributed by atoms with E-state index in [1.807, 2.05) is 51.1 Å². The molecule has 0 saturated heterocycles. The van der Waals surface area contributed by atoms with Gasteiger partial charge in [-0.3, -0.25) is 10.2 Å². The highest BCUT2D eigenvalue weighted by Crippen LogP contribution is 2.38. The third-order valence-corrected chi connectivity index (χ3v) is 6.76. The average molecular weight is 557 g/mol. The Kier molecular flexibility index (Phi) is 7.92. The van der Waals surface area contributed by atoms with E-state index in [-0.39, 0.29) is 11.4 Å². The summed E-state index contributed by atoms with van der Waals surface area (Å²) in [5.74, 6) is 1.41. The molecule has 4 rings (SSSR count). The predicted molar refractivity (Wildman–Crippen MR) is 143 cm³/mol. The van der Waals surface area contributed by atoms with Gasteiger partial charge in [-0.1, -0.05) is 25.1 Å². The van der Waals surface area contributed by atoms with Gasteiger partial charge in [0.25, 0.3) is 5.91 Å². The summed E-state index contributed by atoms with van der Waals surface area (Å²) in [6.45, 7) is 6.97. The molecular formula is C25H25BrN4O4S. The van der Waals surface area contributed by atoms with Crippen LogP contribution in [-0.2, 0) is 4.79 Å². The molecule has 0 spiro atoms. The lowest BCUT2D eigenvalue weighted by molar-refractivity contribution is -0.114. The molecule has 182 valence electrons. The Labute approximate surface area is 216 Å². The second-order valence-corrected chi connectivity index (χ2v) is 9.49. The molecule has 2 aliphatic rings. The Hall–Kier alpha value is -3.11. The van der Waals surface area contributed by atoms with Gasteiger partial charge in [-0.15, -0.1) is 0 Å². The van der Waals surface area contributed by atoms with Gasteiger partial charge in [0.1, 0.15) is 24.0 Å². The molecule has 2 aromatic rings. The van der Waals surface area contributed by atoms with Crippen LogP contribution in [0.1, 0.15) is 31.4 Å². The minimum absolute atomic E-state index is 0.00119. The first-order valence-electron chi connectivity index (χ1n) is 11.2. The van der Waals surface area contributed by atoms with Crippen LogP contribution in [0, 0.1) is 12.3 Å². The highest BCUT2D eigenvalue weighted by Gasteiger charge is 2.35. The zero-order valence-corrected chi connectivity index (χ0v) is 22.0. The van der Waals surface area contributed by atoms with E-state index in [0.717, 1.165) is 16.4 Å². The number of rotatable bonds is 9. The Morgan fingerprint density at radius 2 is 1.89 bits per heavy atom. The maximum absolute atomic E-state index is 12.7. The van der Waals surface area contributed by atoms with Crippen LogP contribution in [0.4, 0.5) is 0 Å². The van der Waals surface area contributed by atoms with Crippen molar-refractivity contribution in [2.24, 2.45) is 10.1 Å². The molecule has 10 heteroatoms. The van der Waals surface area contributed by atoms with Gasteiger partial charge in [-0.25, -0.2) is 0 Å². The predicted octanol–water partition coefficient (Wildman–Crippen LogP) is 5.64. The summed E-state index contributed by atoms with van der Waals surface area (Å²) in [5, 5.41) is 15.5. The minimum Gasteiger partial charge on any atom is -0.490 e. The molecule has 0 saturated carbocycles. The summed E-state index contributed by atoms with van der Waals surface area (Å²) in [6, 6.07) is 11.4. The fraction of sp³-hybridized carbons (Fsp3) is 0.280. The molecule has 0 unspecified atom stereocenters. The molecule has 2 aromatic carbocycles. The molecule has 1 N–H and O–H groups in total. The number of aryl methyl sites for hydroxylation is 1. The van der Waals surface area contributed by atoms with Crippen molar-refractivity contribution in [3.8, 4) is 17.2 Å². The van der Waals surface area contributed by atoms with Crippen LogP contribution < -0.4 is 14.2 Å². The van der Waals surface area contributed by atoms with Crippen molar-refractivity contribution >= 4 is 55.7 Å². The SMILES string of the molecule is CCOc1cc(C=C2C(=N)N3N=C(CC)SC3=NC2=O)cc(Br)c1OCCOc1ccccc1C. The van der Waals surface area contributed by atoms with Crippen LogP contribution in [0.3, 0.4) is 0 Å². The molecule has 0 fully saturated rings. The first kappa shape index (κ1) is 25.0. The highest BCUT2D eigenvalue weighted by atomic mass is 79.9. The van der Waals surface area contributed by atoms with Gasteiger partial charge < -0.3 is 14.2 Å². The maximum atomic E-state index is 12.7. The number of amidine groups is 2. The first-order chi connectivity index (χ1) is 16.9. The molecule has 8 nitrogen and oxygen atoms in total. The number of fused-ring (bicyclic) bond motifs is 1. The van der Waals surface area contributed by atoms with Crippen LogP contribution in [0.25, 0.3) is 6.08 Å². The van der Waals surface area contributed by atoms with Gasteiger partial charge in [0.05, 0.1) is 16.7 Å². The Balaban J connectivity index is 1.52. The second kappa shape index (κ2) is 11.1. The van der Waals surface area contributed by atoms with Crippen molar-refractivity contribution in [1.29, 1.82) is 5.41 Å². The minimum atomic E-state index is -0.468. The zero-order valence-electron chi connectivity index (χ0n) is 19.6. The summed E-state index contributed by atoms with van der Waals surface area (Å²) in [7, 11) is 0. The summed E-state index contributed by atoms with van der Waals surface area (Å²) < 4.78 is 18.3. The van der Waals surface area contributed by atoms with E-state index in [1.54, 1.807) is 12.1 Å². The summed E-state index contributed by atoms with van der Waals surface area (Å²) in [4.78, 5) is 16.8. The van der Waals surface area contributed by atoms with Crippen molar-refractivity contribution < 1.29 is 19.0 Å². The van der Waals surface area contributed by atoms with Crippen molar-refractivity contribution in [3.63, 3.8) is 0 Å². The average Bonchev–Trinajstić information content (AvgIpc) is 3.25. The largest absolute Gasteiger partial charge is 0.490 e. The van der Waals surface area contributed by atoms with Crippen LogP contribution in [0.15, 0.2) is 56.5 Å². The monoisotopic (exact) mass is 556 g/mol. The molecular weight excluding hydrogens is 532 g/mol. The summed E-state index contributed by atoms with van der Waals surface area (Å²) >= 11 is 4.87. The van der Waals surface area contributed by atoms with E-state index in [9.17, 15) is 4.79 Å². The highest BCUT2D eigenvalue weighted by molar-refractivity contribution is 9.10. The van der Waals surface area contributed by atoms with Crippen LogP contribution in [-0.4, -0.2) is 46.8 Å². The summed E-state index contributed by atoms with van der Waals surface area (Å²) in [5.41, 5.74) is 1.89. The van der Waals surface area contributed by atoms with Crippen molar-refractivity contribution in [2.75, 3.05) is 19.8 Å². The fourth-order valence-electron chi connectivity index (χ4n) is 3.43. The number of nitrogens with zero attached hydrogens (tertiary/aromatic N) is 3. The Morgan fingerprint density at radius 3 is 2.63 bits per heavy atom. The van der Waals surface area contributed by atoms with E-state index in [0.29, 0.717) is 52.9 Å². The fourth-order valence-corrected chi connectivity index (χ4v) is 4.83. The standard InChI is InChI=1S/C25H25BrN4O4S/c1-4-21-29-30-23(27)17(24(31)28-25(30)35-21)12-16-13-18(26)22(20(14-16)32-5-2)34-11-10-33-19-9-7-6-8-15(19)3/h6-9,12-14,27H,4-5,10-11H2,1-3H3. The van der Waals surface area contributed by atoms with Crippen LogP contribution >= 0.6 is 27.7 Å². The number of carbonyl (C=O) groups excluding carboxylic acids is 1. The molecule has 1 amide bonds. The summed E-state index contributed by atoms with van der Waals surface area (Å²) in [6.07, 6.45) is 2.33. The topological polar surface area (TPSA) is 96.6 Å². The number of halogens is 1. The quantitative estimate of drug-likeness (QED) is 0.317. The van der Waals surface area contributed by atoms with Gasteiger partial charge in [0.2, 0.25) is 5.17 Å². The van der Waals surface area contributed by atoms with Gasteiger partial charge >= 0.3 is 0 Å². The van der Waals surface area contributed by atoms with Crippen LogP contribution in [0.5, 0.6) is 17.2 Å². The number of amides is 1. The number of hydrazone groups is 1. The molecule has 0 atom stereocenters. The second-order valence-electron chi connectivity index (χ2n) is 7.59. The number of para-hydroxylation sites is 1. The van der Waals surface area contributed by atoms with Crippen molar-refractivity contribution in [3.05, 3.63) is 57.6 Å². The molecule has 0 aliphatic carbocycles. The normalized spacial score (nSPS) is 16.2.